The molecule has 0 atom stereocenters. The van der Waals surface area contributed by atoms with Crippen molar-refractivity contribution in [1.82, 2.24) is 12.3 Å². The van der Waals surface area contributed by atoms with Crippen molar-refractivity contribution in [2.75, 3.05) is 0 Å². The molecule has 0 radical (unpaired) electrons. The lowest BCUT2D eigenvalue weighted by molar-refractivity contribution is 0.405. The zero-order chi connectivity index (χ0) is 11.2. The van der Waals surface area contributed by atoms with Gasteiger partial charge in [0.15, 0.2) is 0 Å². The Kier molecular flexibility index (Phi) is 37.8. The average molecular weight is 257 g/mol. The molecular formula is C10H30N2O3P+. The summed E-state index contributed by atoms with van der Waals surface area (Å²) in [5.74, 6) is 0. The van der Waals surface area contributed by atoms with Gasteiger partial charge in [-0.15, -0.1) is 9.79 Å². The minimum absolute atomic E-state index is 0. The summed E-state index contributed by atoms with van der Waals surface area (Å²) in [7, 11) is -2.87. The number of hydrogen-bond donors (Lipinski definition) is 4. The van der Waals surface area contributed by atoms with Crippen molar-refractivity contribution in [3.05, 3.63) is 0 Å². The summed E-state index contributed by atoms with van der Waals surface area (Å²) in [5, 5.41) is 0. The zero-order valence-corrected chi connectivity index (χ0v) is 11.7. The van der Waals surface area contributed by atoms with Gasteiger partial charge in [0.1, 0.15) is 0 Å². The highest BCUT2D eigenvalue weighted by Crippen LogP contribution is 2.15. The van der Waals surface area contributed by atoms with Crippen LogP contribution in [0.25, 0.3) is 0 Å². The highest BCUT2D eigenvalue weighted by molar-refractivity contribution is 7.30. The molecule has 0 unspecified atom stereocenters. The van der Waals surface area contributed by atoms with Crippen LogP contribution in [0, 0.1) is 0 Å². The molecule has 0 aliphatic heterocycles. The van der Waals surface area contributed by atoms with Crippen LogP contribution in [0.4, 0.5) is 0 Å². The first-order valence-corrected chi connectivity index (χ1v) is 6.66. The van der Waals surface area contributed by atoms with E-state index in [2.05, 4.69) is 13.8 Å². The van der Waals surface area contributed by atoms with Crippen LogP contribution in [-0.2, 0) is 4.57 Å². The van der Waals surface area contributed by atoms with Gasteiger partial charge in [0.2, 0.25) is 0 Å². The normalized spacial score (nSPS) is 11.0. The maximum atomic E-state index is 8.70. The van der Waals surface area contributed by atoms with Crippen LogP contribution in [0.3, 0.4) is 0 Å². The van der Waals surface area contributed by atoms with Gasteiger partial charge in [0.25, 0.3) is 0 Å². The Bertz CT molecular complexity index is 111. The second kappa shape index (κ2) is 24.3. The standard InChI is InChI=1S/C6H14.C4H8.2H3N.HO3P/c1-3-5-6-4-2;1-2-4-3-1;;;1-4(2)3/h3-6H2,1-2H3;1-4H2;2*1H3;(H-,1,2,3)/p+1. The van der Waals surface area contributed by atoms with Crippen molar-refractivity contribution < 1.29 is 14.4 Å². The Balaban J connectivity index is -0.0000000650. The lowest BCUT2D eigenvalue weighted by Crippen LogP contribution is -1.85. The third kappa shape index (κ3) is 48.5. The van der Waals surface area contributed by atoms with Crippen LogP contribution < -0.4 is 12.3 Å². The van der Waals surface area contributed by atoms with Gasteiger partial charge in [0.05, 0.1) is 0 Å². The van der Waals surface area contributed by atoms with E-state index in [-0.39, 0.29) is 12.3 Å². The Labute approximate surface area is 101 Å². The van der Waals surface area contributed by atoms with Crippen molar-refractivity contribution >= 4 is 8.25 Å². The Hall–Kier alpha value is -0.0600. The molecule has 0 aromatic rings. The van der Waals surface area contributed by atoms with E-state index >= 15 is 0 Å². The molecule has 0 aromatic carbocycles. The van der Waals surface area contributed by atoms with Crippen molar-refractivity contribution in [3.8, 4) is 0 Å². The van der Waals surface area contributed by atoms with E-state index in [9.17, 15) is 0 Å². The molecule has 5 nitrogen and oxygen atoms in total. The molecule has 1 rings (SSSR count). The van der Waals surface area contributed by atoms with Crippen molar-refractivity contribution in [1.29, 1.82) is 0 Å². The Morgan fingerprint density at radius 2 is 1.06 bits per heavy atom. The molecule has 1 saturated carbocycles. The first-order chi connectivity index (χ1) is 6.65. The van der Waals surface area contributed by atoms with E-state index in [0.29, 0.717) is 0 Å². The van der Waals surface area contributed by atoms with Crippen molar-refractivity contribution in [2.24, 2.45) is 0 Å². The van der Waals surface area contributed by atoms with Crippen LogP contribution in [0.5, 0.6) is 0 Å². The van der Waals surface area contributed by atoms with Gasteiger partial charge < -0.3 is 12.3 Å². The molecule has 0 amide bonds. The molecule has 16 heavy (non-hydrogen) atoms. The van der Waals surface area contributed by atoms with Crippen LogP contribution in [0.1, 0.15) is 65.2 Å². The average Bonchev–Trinajstić information content (AvgIpc) is 1.96. The quantitative estimate of drug-likeness (QED) is 0.447. The lowest BCUT2D eigenvalue weighted by Gasteiger charge is -2.05. The number of hydrogen-bond acceptors (Lipinski definition) is 3. The first-order valence-electron chi connectivity index (χ1n) is 5.50. The predicted octanol–water partition coefficient (Wildman–Crippen LogP) is 4.10. The zero-order valence-electron chi connectivity index (χ0n) is 10.8. The van der Waals surface area contributed by atoms with Gasteiger partial charge in [-0.3, -0.25) is 0 Å². The maximum absolute atomic E-state index is 8.70. The monoisotopic (exact) mass is 257 g/mol. The van der Waals surface area contributed by atoms with Crippen molar-refractivity contribution in [3.63, 3.8) is 0 Å². The molecule has 1 fully saturated rings. The van der Waals surface area contributed by atoms with Crippen LogP contribution in [0.15, 0.2) is 0 Å². The van der Waals surface area contributed by atoms with E-state index in [0.717, 1.165) is 0 Å². The van der Waals surface area contributed by atoms with Gasteiger partial charge in [-0.1, -0.05) is 65.2 Å². The molecule has 0 bridgehead atoms. The van der Waals surface area contributed by atoms with E-state index < -0.39 is 8.25 Å². The summed E-state index contributed by atoms with van der Waals surface area (Å²) in [4.78, 5) is 14.2. The minimum Gasteiger partial charge on any atom is -0.344 e. The summed E-state index contributed by atoms with van der Waals surface area (Å²) in [5.41, 5.74) is 0. The van der Waals surface area contributed by atoms with E-state index in [1.807, 2.05) is 0 Å². The SMILES string of the molecule is C1CCC1.CCCCCC.N.N.O=[P+](O)O. The molecular weight excluding hydrogens is 227 g/mol. The predicted molar refractivity (Wildman–Crippen MR) is 70.4 cm³/mol. The third-order valence-corrected chi connectivity index (χ3v) is 1.96. The molecule has 0 heterocycles. The second-order valence-electron chi connectivity index (χ2n) is 3.37. The van der Waals surface area contributed by atoms with Crippen molar-refractivity contribution in [2.45, 2.75) is 65.2 Å². The molecule has 8 N–H and O–H groups in total. The molecule has 6 heteroatoms. The molecule has 1 aliphatic rings. The summed E-state index contributed by atoms with van der Waals surface area (Å²) in [6.45, 7) is 4.46. The highest BCUT2D eigenvalue weighted by Gasteiger charge is 1.95. The second-order valence-corrected chi connectivity index (χ2v) is 3.88. The first kappa shape index (κ1) is 25.0. The summed E-state index contributed by atoms with van der Waals surface area (Å²) >= 11 is 0. The fraction of sp³-hybridized carbons (Fsp3) is 1.00. The van der Waals surface area contributed by atoms with E-state index in [4.69, 9.17) is 14.4 Å². The number of unbranched alkanes of at least 4 members (excludes halogenated alkanes) is 3. The lowest BCUT2D eigenvalue weighted by atomic mass is 10.0. The molecule has 0 aromatic heterocycles. The summed E-state index contributed by atoms with van der Waals surface area (Å²) in [6, 6.07) is 0. The fourth-order valence-corrected chi connectivity index (χ4v) is 0.750. The topological polar surface area (TPSA) is 128 Å². The molecule has 1 aliphatic carbocycles. The minimum atomic E-state index is -2.87. The van der Waals surface area contributed by atoms with Gasteiger partial charge >= 0.3 is 8.25 Å². The van der Waals surface area contributed by atoms with Gasteiger partial charge in [-0.2, -0.15) is 0 Å². The summed E-state index contributed by atoms with van der Waals surface area (Å²) < 4.78 is 8.70. The molecule has 102 valence electrons. The number of rotatable bonds is 3. The van der Waals surface area contributed by atoms with Gasteiger partial charge in [-0.05, 0) is 0 Å². The van der Waals surface area contributed by atoms with E-state index in [1.165, 1.54) is 51.4 Å². The summed E-state index contributed by atoms with van der Waals surface area (Å²) in [6.07, 6.45) is 11.5. The largest absolute Gasteiger partial charge is 0.692 e. The van der Waals surface area contributed by atoms with Crippen LogP contribution in [0.2, 0.25) is 0 Å². The Morgan fingerprint density at radius 3 is 1.12 bits per heavy atom. The van der Waals surface area contributed by atoms with Crippen LogP contribution >= 0.6 is 8.25 Å². The van der Waals surface area contributed by atoms with Gasteiger partial charge in [0, 0.05) is 4.57 Å². The molecule has 0 spiro atoms. The maximum Gasteiger partial charge on any atom is 0.692 e. The highest BCUT2D eigenvalue weighted by atomic mass is 31.1. The van der Waals surface area contributed by atoms with E-state index in [1.54, 1.807) is 0 Å². The molecule has 0 saturated heterocycles. The third-order valence-electron chi connectivity index (χ3n) is 1.96. The van der Waals surface area contributed by atoms with Gasteiger partial charge in [-0.25, -0.2) is 0 Å². The Morgan fingerprint density at radius 1 is 0.875 bits per heavy atom. The van der Waals surface area contributed by atoms with Crippen LogP contribution in [-0.4, -0.2) is 9.79 Å². The smallest absolute Gasteiger partial charge is 0.344 e. The fourth-order valence-electron chi connectivity index (χ4n) is 0.750.